The number of hydrogen-bond acceptors (Lipinski definition) is 4. The summed E-state index contributed by atoms with van der Waals surface area (Å²) in [7, 11) is 0. The van der Waals surface area contributed by atoms with E-state index in [0.717, 1.165) is 0 Å². The molecule has 0 aliphatic rings. The number of carbonyl (C=O) groups excluding carboxylic acids is 2. The zero-order valence-electron chi connectivity index (χ0n) is 7.73. The van der Waals surface area contributed by atoms with Crippen molar-refractivity contribution in [2.75, 3.05) is 0 Å². The van der Waals surface area contributed by atoms with E-state index in [4.69, 9.17) is 11.5 Å². The molecule has 0 aliphatic heterocycles. The van der Waals surface area contributed by atoms with Crippen LogP contribution in [0.3, 0.4) is 0 Å². The van der Waals surface area contributed by atoms with E-state index in [2.05, 4.69) is 4.98 Å². The highest BCUT2D eigenvalue weighted by Crippen LogP contribution is 2.09. The Bertz CT molecular complexity index is 360. The van der Waals surface area contributed by atoms with Gasteiger partial charge >= 0.3 is 0 Å². The van der Waals surface area contributed by atoms with Gasteiger partial charge in [-0.05, 0) is 19.1 Å². The van der Waals surface area contributed by atoms with Crippen LogP contribution in [-0.4, -0.2) is 22.2 Å². The normalized spacial score (nSPS) is 14.4. The third kappa shape index (κ3) is 1.77. The number of pyridine rings is 1. The van der Waals surface area contributed by atoms with Crippen LogP contribution in [0.2, 0.25) is 0 Å². The number of primary amides is 1. The number of carbonyl (C=O) groups is 2. The van der Waals surface area contributed by atoms with Crippen molar-refractivity contribution in [1.29, 1.82) is 0 Å². The minimum Gasteiger partial charge on any atom is -0.368 e. The zero-order valence-corrected chi connectivity index (χ0v) is 7.73. The van der Waals surface area contributed by atoms with Gasteiger partial charge in [0.1, 0.15) is 0 Å². The van der Waals surface area contributed by atoms with E-state index < -0.39 is 17.2 Å². The van der Waals surface area contributed by atoms with Gasteiger partial charge in [-0.2, -0.15) is 0 Å². The quantitative estimate of drug-likeness (QED) is 0.497. The maximum absolute atomic E-state index is 11.7. The highest BCUT2D eigenvalue weighted by atomic mass is 16.2. The number of ketones is 1. The minimum absolute atomic E-state index is 0.323. The average molecular weight is 193 g/mol. The lowest BCUT2D eigenvalue weighted by molar-refractivity contribution is -0.121. The molecule has 0 saturated heterocycles. The predicted molar refractivity (Wildman–Crippen MR) is 50.4 cm³/mol. The third-order valence-corrected chi connectivity index (χ3v) is 1.93. The monoisotopic (exact) mass is 193 g/mol. The zero-order chi connectivity index (χ0) is 10.8. The van der Waals surface area contributed by atoms with Crippen molar-refractivity contribution in [1.82, 2.24) is 4.98 Å². The van der Waals surface area contributed by atoms with E-state index in [9.17, 15) is 9.59 Å². The van der Waals surface area contributed by atoms with Crippen LogP contribution in [0.5, 0.6) is 0 Å². The predicted octanol–water partition coefficient (Wildman–Crippen LogP) is -0.533. The number of nitrogens with two attached hydrogens (primary N) is 2. The molecular formula is C9H11N3O2. The summed E-state index contributed by atoms with van der Waals surface area (Å²) in [4.78, 5) is 26.3. The molecule has 1 atom stereocenters. The molecule has 4 N–H and O–H groups in total. The number of rotatable bonds is 3. The van der Waals surface area contributed by atoms with Crippen LogP contribution in [-0.2, 0) is 4.79 Å². The molecule has 1 amide bonds. The number of Topliss-reactive ketones (excluding diaryl/α,β-unsaturated/α-hetero) is 1. The van der Waals surface area contributed by atoms with E-state index in [1.54, 1.807) is 0 Å². The Balaban J connectivity index is 3.03. The van der Waals surface area contributed by atoms with Crippen molar-refractivity contribution >= 4 is 11.7 Å². The highest BCUT2D eigenvalue weighted by molar-refractivity contribution is 6.16. The second-order valence-corrected chi connectivity index (χ2v) is 3.13. The summed E-state index contributed by atoms with van der Waals surface area (Å²) >= 11 is 0. The second kappa shape index (κ2) is 3.55. The van der Waals surface area contributed by atoms with Gasteiger partial charge in [-0.15, -0.1) is 0 Å². The van der Waals surface area contributed by atoms with Crippen LogP contribution in [0.4, 0.5) is 0 Å². The van der Waals surface area contributed by atoms with Crippen molar-refractivity contribution < 1.29 is 9.59 Å². The summed E-state index contributed by atoms with van der Waals surface area (Å²) in [6.45, 7) is 1.29. The molecule has 1 aromatic rings. The van der Waals surface area contributed by atoms with Gasteiger partial charge in [0.25, 0.3) is 0 Å². The first-order valence-corrected chi connectivity index (χ1v) is 4.00. The van der Waals surface area contributed by atoms with Gasteiger partial charge in [0.2, 0.25) is 5.91 Å². The molecule has 0 aromatic carbocycles. The summed E-state index contributed by atoms with van der Waals surface area (Å²) in [5.41, 5.74) is 9.16. The summed E-state index contributed by atoms with van der Waals surface area (Å²) in [5.74, 6) is -1.35. The topological polar surface area (TPSA) is 99.1 Å². The maximum Gasteiger partial charge on any atom is 0.245 e. The fraction of sp³-hybridized carbons (Fsp3) is 0.222. The van der Waals surface area contributed by atoms with Crippen LogP contribution < -0.4 is 11.5 Å². The fourth-order valence-electron chi connectivity index (χ4n) is 0.915. The van der Waals surface area contributed by atoms with Crippen molar-refractivity contribution in [3.63, 3.8) is 0 Å². The molecule has 14 heavy (non-hydrogen) atoms. The van der Waals surface area contributed by atoms with Crippen LogP contribution in [0, 0.1) is 0 Å². The van der Waals surface area contributed by atoms with Crippen molar-refractivity contribution in [3.8, 4) is 0 Å². The number of hydrogen-bond donors (Lipinski definition) is 2. The average Bonchev–Trinajstić information content (AvgIpc) is 2.17. The molecule has 1 rings (SSSR count). The molecule has 1 heterocycles. The maximum atomic E-state index is 11.7. The Labute approximate surface area is 81.1 Å². The van der Waals surface area contributed by atoms with E-state index >= 15 is 0 Å². The first kappa shape index (κ1) is 10.3. The number of aromatic nitrogens is 1. The lowest BCUT2D eigenvalue weighted by atomic mass is 9.92. The van der Waals surface area contributed by atoms with Crippen LogP contribution in [0.15, 0.2) is 24.5 Å². The first-order valence-electron chi connectivity index (χ1n) is 4.00. The van der Waals surface area contributed by atoms with Crippen LogP contribution in [0.25, 0.3) is 0 Å². The number of amides is 1. The van der Waals surface area contributed by atoms with E-state index in [0.29, 0.717) is 5.56 Å². The fourth-order valence-corrected chi connectivity index (χ4v) is 0.915. The Morgan fingerprint density at radius 3 is 2.29 bits per heavy atom. The summed E-state index contributed by atoms with van der Waals surface area (Å²) < 4.78 is 0. The molecule has 0 spiro atoms. The molecule has 0 radical (unpaired) electrons. The van der Waals surface area contributed by atoms with Gasteiger partial charge < -0.3 is 11.5 Å². The molecule has 0 saturated carbocycles. The Morgan fingerprint density at radius 1 is 1.36 bits per heavy atom. The molecule has 1 aromatic heterocycles. The van der Waals surface area contributed by atoms with Gasteiger partial charge in [-0.25, -0.2) is 0 Å². The molecule has 0 bridgehead atoms. The highest BCUT2D eigenvalue weighted by Gasteiger charge is 2.35. The summed E-state index contributed by atoms with van der Waals surface area (Å²) in [6.07, 6.45) is 2.90. The van der Waals surface area contributed by atoms with Crippen LogP contribution >= 0.6 is 0 Å². The van der Waals surface area contributed by atoms with Gasteiger partial charge in [0.05, 0.1) is 0 Å². The lowest BCUT2D eigenvalue weighted by Gasteiger charge is -2.18. The van der Waals surface area contributed by atoms with Crippen molar-refractivity contribution in [2.24, 2.45) is 11.5 Å². The first-order chi connectivity index (χ1) is 6.46. The largest absolute Gasteiger partial charge is 0.368 e. The number of nitrogens with zero attached hydrogens (tertiary/aromatic N) is 1. The molecule has 0 aliphatic carbocycles. The summed E-state index contributed by atoms with van der Waals surface area (Å²) in [6, 6.07) is 2.97. The summed E-state index contributed by atoms with van der Waals surface area (Å²) in [5, 5.41) is 0. The van der Waals surface area contributed by atoms with Crippen molar-refractivity contribution in [3.05, 3.63) is 30.1 Å². The Kier molecular flexibility index (Phi) is 2.62. The smallest absolute Gasteiger partial charge is 0.245 e. The van der Waals surface area contributed by atoms with Crippen LogP contribution in [0.1, 0.15) is 17.3 Å². The Hall–Kier alpha value is -1.75. The molecule has 5 heteroatoms. The minimum atomic E-state index is -1.67. The van der Waals surface area contributed by atoms with E-state index in [1.807, 2.05) is 0 Å². The van der Waals surface area contributed by atoms with Gasteiger partial charge in [0, 0.05) is 18.0 Å². The van der Waals surface area contributed by atoms with Gasteiger partial charge in [-0.3, -0.25) is 14.6 Å². The van der Waals surface area contributed by atoms with E-state index in [1.165, 1.54) is 31.5 Å². The Morgan fingerprint density at radius 2 is 1.86 bits per heavy atom. The standard InChI is InChI=1S/C9H11N3O2/c1-9(11,8(10)14)7(13)6-2-4-12-5-3-6/h2-5H,11H2,1H3,(H2,10,14). The molecule has 1 unspecified atom stereocenters. The van der Waals surface area contributed by atoms with E-state index in [-0.39, 0.29) is 0 Å². The molecule has 0 fully saturated rings. The molecular weight excluding hydrogens is 182 g/mol. The van der Waals surface area contributed by atoms with Gasteiger partial charge in [-0.1, -0.05) is 0 Å². The second-order valence-electron chi connectivity index (χ2n) is 3.13. The van der Waals surface area contributed by atoms with Gasteiger partial charge in [0.15, 0.2) is 11.3 Å². The SMILES string of the molecule is CC(N)(C(N)=O)C(=O)c1ccncc1. The lowest BCUT2D eigenvalue weighted by Crippen LogP contribution is -2.55. The van der Waals surface area contributed by atoms with Crippen molar-refractivity contribution in [2.45, 2.75) is 12.5 Å². The molecule has 5 nitrogen and oxygen atoms in total. The third-order valence-electron chi connectivity index (χ3n) is 1.93. The molecule has 74 valence electrons.